The van der Waals surface area contributed by atoms with Gasteiger partial charge in [0.1, 0.15) is 0 Å². The molecule has 1 saturated heterocycles. The number of carbonyl (C=O) groups excluding carboxylic acids is 1. The van der Waals surface area contributed by atoms with E-state index in [9.17, 15) is 4.79 Å². The summed E-state index contributed by atoms with van der Waals surface area (Å²) in [7, 11) is 0. The highest BCUT2D eigenvalue weighted by Gasteiger charge is 2.25. The minimum atomic E-state index is 0.00288. The number of rotatable bonds is 4. The number of aryl methyl sites for hydroxylation is 1. The molecule has 0 saturated carbocycles. The van der Waals surface area contributed by atoms with Crippen molar-refractivity contribution < 1.29 is 4.79 Å². The first kappa shape index (κ1) is 16.6. The minimum absolute atomic E-state index is 0.00288. The number of nitrogens with one attached hydrogen (secondary N) is 2. The van der Waals surface area contributed by atoms with Crippen molar-refractivity contribution in [2.24, 2.45) is 0 Å². The first-order valence-corrected chi connectivity index (χ1v) is 8.72. The predicted molar refractivity (Wildman–Crippen MR) is 96.6 cm³/mol. The Hall–Kier alpha value is -2.30. The lowest BCUT2D eigenvalue weighted by Crippen LogP contribution is -2.45. The summed E-state index contributed by atoms with van der Waals surface area (Å²) >= 11 is 0. The van der Waals surface area contributed by atoms with Crippen LogP contribution in [0.25, 0.3) is 0 Å². The highest BCUT2D eigenvalue weighted by atomic mass is 16.1. The molecule has 24 heavy (non-hydrogen) atoms. The lowest BCUT2D eigenvalue weighted by molar-refractivity contribution is 0.0929. The van der Waals surface area contributed by atoms with Gasteiger partial charge >= 0.3 is 0 Å². The topological polar surface area (TPSA) is 61.0 Å². The monoisotopic (exact) mass is 326 g/mol. The number of nitrogens with zero attached hydrogens (tertiary/aromatic N) is 2. The molecule has 0 radical (unpaired) electrons. The van der Waals surface area contributed by atoms with Crippen molar-refractivity contribution in [3.05, 3.63) is 47.3 Å². The summed E-state index contributed by atoms with van der Waals surface area (Å²) in [5.41, 5.74) is 3.68. The number of hydrogen-bond acceptors (Lipinski definition) is 3. The summed E-state index contributed by atoms with van der Waals surface area (Å²) in [5, 5.41) is 10.4. The van der Waals surface area contributed by atoms with Crippen LogP contribution < -0.4 is 10.2 Å². The summed E-state index contributed by atoms with van der Waals surface area (Å²) < 4.78 is 0. The van der Waals surface area contributed by atoms with Gasteiger partial charge < -0.3 is 10.2 Å². The van der Waals surface area contributed by atoms with Crippen molar-refractivity contribution in [1.82, 2.24) is 15.5 Å². The van der Waals surface area contributed by atoms with Crippen LogP contribution in [0.15, 0.2) is 30.3 Å². The number of aromatic amines is 1. The number of carbonyl (C=O) groups is 1. The van der Waals surface area contributed by atoms with Gasteiger partial charge in [0.15, 0.2) is 0 Å². The molecule has 1 fully saturated rings. The molecule has 3 rings (SSSR count). The Bertz CT molecular complexity index is 685. The van der Waals surface area contributed by atoms with Crippen molar-refractivity contribution in [3.63, 3.8) is 0 Å². The van der Waals surface area contributed by atoms with E-state index in [4.69, 9.17) is 0 Å². The SMILES string of the molecule is Cc1[nH]nc(C(C)C)c1C(=O)NC1CCN(c2ccccc2)CC1. The number of benzene rings is 1. The maximum Gasteiger partial charge on any atom is 0.255 e. The zero-order valence-electron chi connectivity index (χ0n) is 14.7. The average Bonchev–Trinajstić information content (AvgIpc) is 2.98. The van der Waals surface area contributed by atoms with Crippen LogP contribution >= 0.6 is 0 Å². The van der Waals surface area contributed by atoms with Gasteiger partial charge in [-0.1, -0.05) is 32.0 Å². The highest BCUT2D eigenvalue weighted by molar-refractivity contribution is 5.96. The molecule has 128 valence electrons. The van der Waals surface area contributed by atoms with Gasteiger partial charge in [-0.25, -0.2) is 0 Å². The van der Waals surface area contributed by atoms with Crippen LogP contribution in [0.5, 0.6) is 0 Å². The molecule has 1 amide bonds. The first-order chi connectivity index (χ1) is 11.6. The second kappa shape index (κ2) is 7.07. The largest absolute Gasteiger partial charge is 0.371 e. The molecule has 1 aliphatic rings. The Morgan fingerprint density at radius 3 is 2.54 bits per heavy atom. The summed E-state index contributed by atoms with van der Waals surface area (Å²) in [6.07, 6.45) is 1.93. The normalized spacial score (nSPS) is 15.8. The fourth-order valence-corrected chi connectivity index (χ4v) is 3.33. The average molecular weight is 326 g/mol. The molecule has 0 unspecified atom stereocenters. The fraction of sp³-hybridized carbons (Fsp3) is 0.474. The number of hydrogen-bond donors (Lipinski definition) is 2. The summed E-state index contributed by atoms with van der Waals surface area (Å²) in [4.78, 5) is 15.1. The highest BCUT2D eigenvalue weighted by Crippen LogP contribution is 2.22. The van der Waals surface area contributed by atoms with Crippen molar-refractivity contribution in [2.75, 3.05) is 18.0 Å². The van der Waals surface area contributed by atoms with E-state index >= 15 is 0 Å². The Morgan fingerprint density at radius 1 is 1.25 bits per heavy atom. The lowest BCUT2D eigenvalue weighted by Gasteiger charge is -2.34. The molecule has 0 bridgehead atoms. The summed E-state index contributed by atoms with van der Waals surface area (Å²) in [5.74, 6) is 0.235. The zero-order chi connectivity index (χ0) is 17.1. The molecule has 2 heterocycles. The van der Waals surface area contributed by atoms with Crippen molar-refractivity contribution in [1.29, 1.82) is 0 Å². The second-order valence-corrected chi connectivity index (χ2v) is 6.83. The van der Waals surface area contributed by atoms with Gasteiger partial charge in [0.25, 0.3) is 5.91 Å². The van der Waals surface area contributed by atoms with Crippen molar-refractivity contribution >= 4 is 11.6 Å². The van der Waals surface area contributed by atoms with Crippen molar-refractivity contribution in [3.8, 4) is 0 Å². The third-order valence-electron chi connectivity index (χ3n) is 4.70. The lowest BCUT2D eigenvalue weighted by atomic mass is 10.0. The van der Waals surface area contributed by atoms with Gasteiger partial charge in [0.2, 0.25) is 0 Å². The number of amides is 1. The molecule has 0 atom stereocenters. The predicted octanol–water partition coefficient (Wildman–Crippen LogP) is 3.24. The van der Waals surface area contributed by atoms with E-state index in [0.29, 0.717) is 0 Å². The molecule has 5 heteroatoms. The Kier molecular flexibility index (Phi) is 4.88. The van der Waals surface area contributed by atoms with Crippen LogP contribution in [-0.4, -0.2) is 35.2 Å². The molecule has 1 aromatic carbocycles. The third kappa shape index (κ3) is 3.45. The molecule has 1 aliphatic heterocycles. The van der Waals surface area contributed by atoms with Crippen LogP contribution in [-0.2, 0) is 0 Å². The summed E-state index contributed by atoms with van der Waals surface area (Å²) in [6.45, 7) is 7.97. The van der Waals surface area contributed by atoms with Crippen LogP contribution in [0.2, 0.25) is 0 Å². The third-order valence-corrected chi connectivity index (χ3v) is 4.70. The zero-order valence-corrected chi connectivity index (χ0v) is 14.7. The molecular formula is C19H26N4O. The van der Waals surface area contributed by atoms with Gasteiger partial charge in [0.05, 0.1) is 11.3 Å². The van der Waals surface area contributed by atoms with Crippen LogP contribution in [0, 0.1) is 6.92 Å². The van der Waals surface area contributed by atoms with E-state index in [1.54, 1.807) is 0 Å². The van der Waals surface area contributed by atoms with Crippen LogP contribution in [0.1, 0.15) is 54.4 Å². The van der Waals surface area contributed by atoms with E-state index in [1.165, 1.54) is 5.69 Å². The van der Waals surface area contributed by atoms with Gasteiger partial charge in [0, 0.05) is 30.5 Å². The molecule has 5 nitrogen and oxygen atoms in total. The maximum absolute atomic E-state index is 12.7. The summed E-state index contributed by atoms with van der Waals surface area (Å²) in [6, 6.07) is 10.7. The number of anilines is 1. The van der Waals surface area contributed by atoms with E-state index in [0.717, 1.165) is 42.9 Å². The van der Waals surface area contributed by atoms with E-state index in [-0.39, 0.29) is 17.9 Å². The molecule has 2 N–H and O–H groups in total. The molecule has 0 spiro atoms. The Balaban J connectivity index is 1.60. The second-order valence-electron chi connectivity index (χ2n) is 6.83. The van der Waals surface area contributed by atoms with E-state index < -0.39 is 0 Å². The van der Waals surface area contributed by atoms with E-state index in [2.05, 4.69) is 58.5 Å². The standard InChI is InChI=1S/C19H26N4O/c1-13(2)18-17(14(3)21-22-18)19(24)20-15-9-11-23(12-10-15)16-7-5-4-6-8-16/h4-8,13,15H,9-12H2,1-3H3,(H,20,24)(H,21,22). The minimum Gasteiger partial charge on any atom is -0.371 e. The fourth-order valence-electron chi connectivity index (χ4n) is 3.33. The molecular weight excluding hydrogens is 300 g/mol. The molecule has 2 aromatic rings. The number of aromatic nitrogens is 2. The first-order valence-electron chi connectivity index (χ1n) is 8.72. The molecule has 0 aliphatic carbocycles. The maximum atomic E-state index is 12.7. The quantitative estimate of drug-likeness (QED) is 0.907. The number of para-hydroxylation sites is 1. The Labute approximate surface area is 143 Å². The number of piperidine rings is 1. The van der Waals surface area contributed by atoms with Gasteiger partial charge in [-0.15, -0.1) is 0 Å². The molecule has 1 aromatic heterocycles. The van der Waals surface area contributed by atoms with Crippen LogP contribution in [0.3, 0.4) is 0 Å². The van der Waals surface area contributed by atoms with Crippen molar-refractivity contribution in [2.45, 2.75) is 45.6 Å². The van der Waals surface area contributed by atoms with Gasteiger partial charge in [-0.3, -0.25) is 9.89 Å². The van der Waals surface area contributed by atoms with Gasteiger partial charge in [-0.2, -0.15) is 5.10 Å². The van der Waals surface area contributed by atoms with Gasteiger partial charge in [-0.05, 0) is 37.8 Å². The smallest absolute Gasteiger partial charge is 0.255 e. The Morgan fingerprint density at radius 2 is 1.92 bits per heavy atom. The van der Waals surface area contributed by atoms with E-state index in [1.807, 2.05) is 13.0 Å². The number of H-pyrrole nitrogens is 1. The van der Waals surface area contributed by atoms with Crippen LogP contribution in [0.4, 0.5) is 5.69 Å².